The van der Waals surface area contributed by atoms with E-state index in [1.807, 2.05) is 30.3 Å². The molecule has 3 aromatic carbocycles. The first-order chi connectivity index (χ1) is 15.6. The van der Waals surface area contributed by atoms with Crippen LogP contribution in [0.3, 0.4) is 0 Å². The molecular formula is C24H20ClN3O4. The molecule has 32 heavy (non-hydrogen) atoms. The summed E-state index contributed by atoms with van der Waals surface area (Å²) in [5.41, 5.74) is 2.78. The average molecular weight is 450 g/mol. The number of anilines is 1. The van der Waals surface area contributed by atoms with Crippen LogP contribution in [0, 0.1) is 11.3 Å². The molecule has 0 heterocycles. The molecule has 0 radical (unpaired) electrons. The molecular weight excluding hydrogens is 430 g/mol. The largest absolute Gasteiger partial charge is 0.493 e. The van der Waals surface area contributed by atoms with Gasteiger partial charge in [-0.3, -0.25) is 4.79 Å². The van der Waals surface area contributed by atoms with Crippen molar-refractivity contribution < 1.29 is 19.1 Å². The normalized spacial score (nSPS) is 10.4. The van der Waals surface area contributed by atoms with Crippen molar-refractivity contribution in [1.29, 1.82) is 5.26 Å². The predicted octanol–water partition coefficient (Wildman–Crippen LogP) is 4.79. The molecule has 0 atom stereocenters. The zero-order valence-corrected chi connectivity index (χ0v) is 18.0. The number of nitriles is 1. The van der Waals surface area contributed by atoms with Crippen LogP contribution in [0.2, 0.25) is 5.02 Å². The zero-order valence-electron chi connectivity index (χ0n) is 17.2. The summed E-state index contributed by atoms with van der Waals surface area (Å²) >= 11 is 5.89. The monoisotopic (exact) mass is 449 g/mol. The number of carbonyl (C=O) groups is 1. The molecule has 0 spiro atoms. The highest BCUT2D eigenvalue weighted by molar-refractivity contribution is 6.30. The number of methoxy groups -OCH3 is 1. The van der Waals surface area contributed by atoms with Gasteiger partial charge in [0.1, 0.15) is 6.61 Å². The van der Waals surface area contributed by atoms with Gasteiger partial charge in [-0.05, 0) is 60.2 Å². The van der Waals surface area contributed by atoms with Gasteiger partial charge in [-0.15, -0.1) is 0 Å². The summed E-state index contributed by atoms with van der Waals surface area (Å²) in [5.74, 6) is 0.763. The van der Waals surface area contributed by atoms with E-state index in [1.165, 1.54) is 6.21 Å². The lowest BCUT2D eigenvalue weighted by Gasteiger charge is -2.11. The summed E-state index contributed by atoms with van der Waals surface area (Å²) in [6, 6.07) is 21.2. The van der Waals surface area contributed by atoms with Crippen molar-refractivity contribution in [2.24, 2.45) is 5.16 Å². The van der Waals surface area contributed by atoms with Crippen LogP contribution in [0.25, 0.3) is 0 Å². The van der Waals surface area contributed by atoms with Gasteiger partial charge in [0.25, 0.3) is 5.91 Å². The number of hydrogen-bond acceptors (Lipinski definition) is 6. The van der Waals surface area contributed by atoms with Crippen molar-refractivity contribution in [3.63, 3.8) is 0 Å². The Kier molecular flexibility index (Phi) is 8.07. The molecule has 7 nitrogen and oxygen atoms in total. The van der Waals surface area contributed by atoms with Crippen molar-refractivity contribution in [2.45, 2.75) is 6.61 Å². The number of rotatable bonds is 9. The van der Waals surface area contributed by atoms with E-state index in [9.17, 15) is 4.79 Å². The van der Waals surface area contributed by atoms with Gasteiger partial charge in [0.15, 0.2) is 18.1 Å². The second-order valence-corrected chi connectivity index (χ2v) is 7.01. The Morgan fingerprint density at radius 2 is 1.84 bits per heavy atom. The number of halogens is 1. The molecule has 1 N–H and O–H groups in total. The molecule has 0 unspecified atom stereocenters. The zero-order chi connectivity index (χ0) is 22.8. The van der Waals surface area contributed by atoms with Gasteiger partial charge < -0.3 is 19.6 Å². The highest BCUT2D eigenvalue weighted by atomic mass is 35.5. The number of ether oxygens (including phenoxy) is 2. The quantitative estimate of drug-likeness (QED) is 0.374. The van der Waals surface area contributed by atoms with E-state index in [1.54, 1.807) is 49.6 Å². The smallest absolute Gasteiger partial charge is 0.265 e. The first-order valence-corrected chi connectivity index (χ1v) is 9.96. The van der Waals surface area contributed by atoms with Crippen molar-refractivity contribution >= 4 is 29.4 Å². The Hall–Kier alpha value is -4.02. The Morgan fingerprint density at radius 1 is 1.09 bits per heavy atom. The molecule has 0 aliphatic carbocycles. The highest BCUT2D eigenvalue weighted by Gasteiger charge is 2.06. The van der Waals surface area contributed by atoms with Crippen LogP contribution in [0.5, 0.6) is 11.5 Å². The van der Waals surface area contributed by atoms with E-state index in [-0.39, 0.29) is 12.5 Å². The van der Waals surface area contributed by atoms with Gasteiger partial charge in [-0.25, -0.2) is 0 Å². The number of nitrogens with one attached hydrogen (secondary N) is 1. The first kappa shape index (κ1) is 22.7. The minimum absolute atomic E-state index is 0.254. The van der Waals surface area contributed by atoms with Crippen molar-refractivity contribution in [1.82, 2.24) is 0 Å². The third-order valence-electron chi connectivity index (χ3n) is 4.26. The fourth-order valence-electron chi connectivity index (χ4n) is 2.64. The third-order valence-corrected chi connectivity index (χ3v) is 4.52. The van der Waals surface area contributed by atoms with Gasteiger partial charge in [0.05, 0.1) is 25.0 Å². The summed E-state index contributed by atoms with van der Waals surface area (Å²) in [7, 11) is 1.55. The van der Waals surface area contributed by atoms with Gasteiger partial charge in [-0.2, -0.15) is 5.26 Å². The molecule has 3 aromatic rings. The SMILES string of the molecule is COc1cc(/C=N/OCC(=O)Nc2ccc(C#N)cc2)ccc1OCc1ccc(Cl)cc1. The van der Waals surface area contributed by atoms with Crippen LogP contribution in [0.1, 0.15) is 16.7 Å². The van der Waals surface area contributed by atoms with E-state index in [0.717, 1.165) is 5.56 Å². The number of benzene rings is 3. The van der Waals surface area contributed by atoms with Crippen molar-refractivity contribution in [2.75, 3.05) is 19.0 Å². The lowest BCUT2D eigenvalue weighted by Crippen LogP contribution is -2.16. The second kappa shape index (κ2) is 11.4. The fourth-order valence-corrected chi connectivity index (χ4v) is 2.77. The maximum Gasteiger partial charge on any atom is 0.265 e. The third kappa shape index (κ3) is 6.76. The maximum absolute atomic E-state index is 11.9. The van der Waals surface area contributed by atoms with E-state index in [0.29, 0.717) is 39.9 Å². The summed E-state index contributed by atoms with van der Waals surface area (Å²) in [5, 5.41) is 15.9. The first-order valence-electron chi connectivity index (χ1n) is 9.58. The molecule has 3 rings (SSSR count). The maximum atomic E-state index is 11.9. The Morgan fingerprint density at radius 3 is 2.53 bits per heavy atom. The van der Waals surface area contributed by atoms with Crippen molar-refractivity contribution in [3.05, 3.63) is 88.4 Å². The summed E-state index contributed by atoms with van der Waals surface area (Å²) in [6.07, 6.45) is 1.47. The predicted molar refractivity (Wildman–Crippen MR) is 122 cm³/mol. The molecule has 0 saturated carbocycles. The van der Waals surface area contributed by atoms with E-state index >= 15 is 0 Å². The van der Waals surface area contributed by atoms with E-state index < -0.39 is 0 Å². The molecule has 0 aliphatic rings. The van der Waals surface area contributed by atoms with Crippen LogP contribution in [0.15, 0.2) is 71.9 Å². The van der Waals surface area contributed by atoms with Crippen LogP contribution < -0.4 is 14.8 Å². The Balaban J connectivity index is 1.49. The Bertz CT molecular complexity index is 1120. The summed E-state index contributed by atoms with van der Waals surface area (Å²) < 4.78 is 11.2. The fraction of sp³-hybridized carbons (Fsp3) is 0.125. The minimum Gasteiger partial charge on any atom is -0.493 e. The van der Waals surface area contributed by atoms with Gasteiger partial charge >= 0.3 is 0 Å². The Labute approximate surface area is 190 Å². The molecule has 0 fully saturated rings. The lowest BCUT2D eigenvalue weighted by molar-refractivity contribution is -0.120. The average Bonchev–Trinajstić information content (AvgIpc) is 2.82. The van der Waals surface area contributed by atoms with Crippen LogP contribution in [0.4, 0.5) is 5.69 Å². The van der Waals surface area contributed by atoms with E-state index in [4.69, 9.17) is 31.2 Å². The topological polar surface area (TPSA) is 92.9 Å². The van der Waals surface area contributed by atoms with Crippen LogP contribution in [-0.2, 0) is 16.2 Å². The van der Waals surface area contributed by atoms with Gasteiger partial charge in [0.2, 0.25) is 0 Å². The number of carbonyl (C=O) groups excluding carboxylic acids is 1. The van der Waals surface area contributed by atoms with E-state index in [2.05, 4.69) is 10.5 Å². The standard InChI is InChI=1S/C24H20ClN3O4/c1-30-23-12-19(6-11-22(23)31-15-18-2-7-20(25)8-3-18)14-27-32-16-24(29)28-21-9-4-17(13-26)5-10-21/h2-12,14H,15-16H2,1H3,(H,28,29)/b27-14+. The molecule has 162 valence electrons. The molecule has 0 saturated heterocycles. The highest BCUT2D eigenvalue weighted by Crippen LogP contribution is 2.28. The summed E-state index contributed by atoms with van der Waals surface area (Å²) in [6.45, 7) is 0.119. The van der Waals surface area contributed by atoms with Gasteiger partial charge in [-0.1, -0.05) is 28.9 Å². The molecule has 0 aromatic heterocycles. The van der Waals surface area contributed by atoms with Crippen LogP contribution in [-0.4, -0.2) is 25.8 Å². The number of nitrogens with zero attached hydrogens (tertiary/aromatic N) is 2. The molecule has 8 heteroatoms. The second-order valence-electron chi connectivity index (χ2n) is 6.57. The molecule has 0 bridgehead atoms. The number of hydrogen-bond donors (Lipinski definition) is 1. The molecule has 0 aliphatic heterocycles. The van der Waals surface area contributed by atoms with Gasteiger partial charge in [0, 0.05) is 16.3 Å². The lowest BCUT2D eigenvalue weighted by atomic mass is 10.2. The van der Waals surface area contributed by atoms with Crippen molar-refractivity contribution in [3.8, 4) is 17.6 Å². The number of amides is 1. The van der Waals surface area contributed by atoms with Crippen LogP contribution >= 0.6 is 11.6 Å². The summed E-state index contributed by atoms with van der Waals surface area (Å²) in [4.78, 5) is 17.0. The minimum atomic E-state index is -0.365. The number of oxime groups is 1. The molecule has 1 amide bonds.